The predicted octanol–water partition coefficient (Wildman–Crippen LogP) is 3.01. The topological polar surface area (TPSA) is 55.4 Å². The third-order valence-electron chi connectivity index (χ3n) is 5.05. The molecule has 2 aromatic rings. The van der Waals surface area contributed by atoms with E-state index in [4.69, 9.17) is 11.6 Å². The fourth-order valence-corrected chi connectivity index (χ4v) is 3.82. The van der Waals surface area contributed by atoms with Crippen molar-refractivity contribution >= 4 is 28.5 Å². The molecule has 0 saturated carbocycles. The maximum atomic E-state index is 6.12. The van der Waals surface area contributed by atoms with E-state index in [0.29, 0.717) is 6.04 Å². The summed E-state index contributed by atoms with van der Waals surface area (Å²) in [5.41, 5.74) is 2.40. The molecule has 1 fully saturated rings. The summed E-state index contributed by atoms with van der Waals surface area (Å²) >= 11 is 6.12. The van der Waals surface area contributed by atoms with Gasteiger partial charge in [0.15, 0.2) is 5.96 Å². The average Bonchev–Trinajstić information content (AvgIpc) is 3.24. The second-order valence-electron chi connectivity index (χ2n) is 6.56. The number of guanidine groups is 1. The van der Waals surface area contributed by atoms with E-state index in [2.05, 4.69) is 38.6 Å². The Morgan fingerprint density at radius 2 is 2.28 bits per heavy atom. The normalized spacial score (nSPS) is 18.8. The van der Waals surface area contributed by atoms with Gasteiger partial charge in [-0.25, -0.2) is 0 Å². The van der Waals surface area contributed by atoms with Gasteiger partial charge in [-0.3, -0.25) is 9.89 Å². The van der Waals surface area contributed by atoms with Crippen molar-refractivity contribution in [1.82, 2.24) is 20.5 Å². The summed E-state index contributed by atoms with van der Waals surface area (Å²) in [7, 11) is 1.83. The van der Waals surface area contributed by atoms with E-state index in [1.54, 1.807) is 0 Å². The number of rotatable bonds is 6. The Bertz CT molecular complexity index is 724. The molecule has 2 heterocycles. The number of benzene rings is 1. The molecular weight excluding hydrogens is 334 g/mol. The fourth-order valence-electron chi connectivity index (χ4n) is 3.65. The highest BCUT2D eigenvalue weighted by Gasteiger charge is 2.22. The molecule has 25 heavy (non-hydrogen) atoms. The molecule has 0 bridgehead atoms. The summed E-state index contributed by atoms with van der Waals surface area (Å²) in [5.74, 6) is 0.876. The van der Waals surface area contributed by atoms with Crippen molar-refractivity contribution in [2.75, 3.05) is 33.2 Å². The first-order valence-electron chi connectivity index (χ1n) is 9.15. The Hall–Kier alpha value is -1.72. The zero-order chi connectivity index (χ0) is 17.6. The summed E-state index contributed by atoms with van der Waals surface area (Å²) in [4.78, 5) is 10.2. The summed E-state index contributed by atoms with van der Waals surface area (Å²) in [5, 5.41) is 8.86. The Labute approximate surface area is 154 Å². The van der Waals surface area contributed by atoms with Crippen LogP contribution in [-0.2, 0) is 6.42 Å². The number of halogens is 1. The minimum Gasteiger partial charge on any atom is -0.361 e. The fraction of sp³-hybridized carbons (Fsp3) is 0.526. The van der Waals surface area contributed by atoms with Crippen LogP contribution in [0, 0.1) is 0 Å². The summed E-state index contributed by atoms with van der Waals surface area (Å²) in [6.07, 6.45) is 5.56. The number of hydrogen-bond acceptors (Lipinski definition) is 2. The van der Waals surface area contributed by atoms with Gasteiger partial charge in [-0.15, -0.1) is 0 Å². The van der Waals surface area contributed by atoms with Crippen molar-refractivity contribution in [3.8, 4) is 0 Å². The number of nitrogens with one attached hydrogen (secondary N) is 3. The molecule has 136 valence electrons. The van der Waals surface area contributed by atoms with Crippen LogP contribution in [0.5, 0.6) is 0 Å². The number of hydrogen-bond donors (Lipinski definition) is 3. The number of likely N-dealkylation sites (tertiary alicyclic amines) is 1. The van der Waals surface area contributed by atoms with Gasteiger partial charge in [-0.2, -0.15) is 0 Å². The minimum absolute atomic E-state index is 0.624. The number of aliphatic imine (C=N–C) groups is 1. The highest BCUT2D eigenvalue weighted by atomic mass is 35.5. The van der Waals surface area contributed by atoms with E-state index in [1.165, 1.54) is 30.3 Å². The lowest BCUT2D eigenvalue weighted by Crippen LogP contribution is -2.45. The van der Waals surface area contributed by atoms with Crippen molar-refractivity contribution in [2.24, 2.45) is 4.99 Å². The highest BCUT2D eigenvalue weighted by molar-refractivity contribution is 6.31. The van der Waals surface area contributed by atoms with Crippen LogP contribution in [0.1, 0.15) is 25.3 Å². The van der Waals surface area contributed by atoms with Crippen molar-refractivity contribution < 1.29 is 0 Å². The molecule has 1 saturated heterocycles. The lowest BCUT2D eigenvalue weighted by atomic mass is 10.1. The smallest absolute Gasteiger partial charge is 0.191 e. The first-order valence-corrected chi connectivity index (χ1v) is 9.53. The SMILES string of the molecule is CCN1CCCC1CNC(=NC)NCCc1c[nH]c2ccc(Cl)cc12. The van der Waals surface area contributed by atoms with E-state index < -0.39 is 0 Å². The summed E-state index contributed by atoms with van der Waals surface area (Å²) in [6, 6.07) is 6.58. The molecule has 1 aromatic heterocycles. The monoisotopic (exact) mass is 361 g/mol. The number of aromatic nitrogens is 1. The maximum absolute atomic E-state index is 6.12. The van der Waals surface area contributed by atoms with Gasteiger partial charge < -0.3 is 15.6 Å². The number of nitrogens with zero attached hydrogens (tertiary/aromatic N) is 2. The van der Waals surface area contributed by atoms with E-state index in [-0.39, 0.29) is 0 Å². The van der Waals surface area contributed by atoms with E-state index >= 15 is 0 Å². The van der Waals surface area contributed by atoms with Crippen LogP contribution in [0.25, 0.3) is 10.9 Å². The van der Waals surface area contributed by atoms with Crippen molar-refractivity contribution in [2.45, 2.75) is 32.2 Å². The third-order valence-corrected chi connectivity index (χ3v) is 5.29. The molecule has 1 atom stereocenters. The quantitative estimate of drug-likeness (QED) is 0.547. The Morgan fingerprint density at radius 3 is 3.08 bits per heavy atom. The van der Waals surface area contributed by atoms with Crippen LogP contribution < -0.4 is 10.6 Å². The minimum atomic E-state index is 0.624. The van der Waals surface area contributed by atoms with Gasteiger partial charge in [0.1, 0.15) is 0 Å². The van der Waals surface area contributed by atoms with E-state index in [0.717, 1.165) is 42.6 Å². The number of likely N-dealkylation sites (N-methyl/N-ethyl adjacent to an activating group) is 1. The Balaban J connectivity index is 1.49. The number of fused-ring (bicyclic) bond motifs is 1. The number of H-pyrrole nitrogens is 1. The first kappa shape index (κ1) is 18.1. The molecule has 1 aromatic carbocycles. The molecule has 1 unspecified atom stereocenters. The van der Waals surface area contributed by atoms with Gasteiger partial charge in [0.05, 0.1) is 0 Å². The van der Waals surface area contributed by atoms with E-state index in [1.807, 2.05) is 25.2 Å². The third kappa shape index (κ3) is 4.47. The molecule has 0 radical (unpaired) electrons. The Morgan fingerprint density at radius 1 is 1.40 bits per heavy atom. The molecule has 3 N–H and O–H groups in total. The van der Waals surface area contributed by atoms with Crippen molar-refractivity contribution in [3.63, 3.8) is 0 Å². The lowest BCUT2D eigenvalue weighted by Gasteiger charge is -2.23. The van der Waals surface area contributed by atoms with Crippen LogP contribution in [0.3, 0.4) is 0 Å². The van der Waals surface area contributed by atoms with Crippen LogP contribution in [0.2, 0.25) is 5.02 Å². The molecule has 1 aliphatic heterocycles. The average molecular weight is 362 g/mol. The van der Waals surface area contributed by atoms with Crippen LogP contribution in [-0.4, -0.2) is 55.1 Å². The second kappa shape index (κ2) is 8.59. The zero-order valence-corrected chi connectivity index (χ0v) is 15.9. The summed E-state index contributed by atoms with van der Waals surface area (Å²) < 4.78 is 0. The van der Waals surface area contributed by atoms with Gasteiger partial charge in [-0.1, -0.05) is 18.5 Å². The predicted molar refractivity (Wildman–Crippen MR) is 107 cm³/mol. The molecule has 0 amide bonds. The van der Waals surface area contributed by atoms with Gasteiger partial charge in [-0.05, 0) is 56.1 Å². The van der Waals surface area contributed by atoms with Crippen LogP contribution in [0.4, 0.5) is 0 Å². The molecular formula is C19H28ClN5. The molecule has 5 nitrogen and oxygen atoms in total. The molecule has 0 aliphatic carbocycles. The molecule has 6 heteroatoms. The molecule has 3 rings (SSSR count). The van der Waals surface area contributed by atoms with Gasteiger partial charge >= 0.3 is 0 Å². The van der Waals surface area contributed by atoms with Gasteiger partial charge in [0.2, 0.25) is 0 Å². The maximum Gasteiger partial charge on any atom is 0.191 e. The number of aromatic amines is 1. The molecule has 1 aliphatic rings. The largest absolute Gasteiger partial charge is 0.361 e. The van der Waals surface area contributed by atoms with Gasteiger partial charge in [0, 0.05) is 48.3 Å². The summed E-state index contributed by atoms with van der Waals surface area (Å²) in [6.45, 7) is 6.37. The van der Waals surface area contributed by atoms with E-state index in [9.17, 15) is 0 Å². The highest BCUT2D eigenvalue weighted by Crippen LogP contribution is 2.22. The van der Waals surface area contributed by atoms with Crippen LogP contribution >= 0.6 is 11.6 Å². The van der Waals surface area contributed by atoms with Crippen molar-refractivity contribution in [1.29, 1.82) is 0 Å². The van der Waals surface area contributed by atoms with Crippen LogP contribution in [0.15, 0.2) is 29.4 Å². The first-order chi connectivity index (χ1) is 12.2. The zero-order valence-electron chi connectivity index (χ0n) is 15.1. The Kier molecular flexibility index (Phi) is 6.21. The lowest BCUT2D eigenvalue weighted by molar-refractivity contribution is 0.267. The van der Waals surface area contributed by atoms with Crippen molar-refractivity contribution in [3.05, 3.63) is 35.0 Å². The second-order valence-corrected chi connectivity index (χ2v) is 6.99. The standard InChI is InChI=1S/C19H28ClN5/c1-3-25-10-4-5-16(25)13-24-19(21-2)22-9-8-14-12-23-18-7-6-15(20)11-17(14)18/h6-7,11-12,16,23H,3-5,8-10,13H2,1-2H3,(H2,21,22,24). The van der Waals surface area contributed by atoms with Gasteiger partial charge in [0.25, 0.3) is 0 Å². The molecule has 0 spiro atoms.